The average molecular weight is 433 g/mol. The standard InChI is InChI=1S/C25H28N4O3/c1-18-7-6-10-23(17-18)32-16-15-26-24(30)27-19(2)20-11-13-22(14-12-20)29-25(31)28-21-8-4-3-5-9-21/h3-14,17,19H,15-16H2,1-2H3,(H2,26,27,30)(H2,28,29,31). The summed E-state index contributed by atoms with van der Waals surface area (Å²) in [4.78, 5) is 24.2. The van der Waals surface area contributed by atoms with E-state index in [1.165, 1.54) is 0 Å². The van der Waals surface area contributed by atoms with Crippen LogP contribution in [0.25, 0.3) is 0 Å². The van der Waals surface area contributed by atoms with Crippen molar-refractivity contribution in [3.05, 3.63) is 90.0 Å². The molecule has 0 heterocycles. The summed E-state index contributed by atoms with van der Waals surface area (Å²) in [6.07, 6.45) is 0. The van der Waals surface area contributed by atoms with Gasteiger partial charge in [-0.2, -0.15) is 0 Å². The Bertz CT molecular complexity index is 1020. The fourth-order valence-corrected chi connectivity index (χ4v) is 3.04. The Balaban J connectivity index is 1.39. The van der Waals surface area contributed by atoms with Crippen LogP contribution in [0.1, 0.15) is 24.1 Å². The maximum Gasteiger partial charge on any atom is 0.323 e. The van der Waals surface area contributed by atoms with Gasteiger partial charge in [0.15, 0.2) is 0 Å². The highest BCUT2D eigenvalue weighted by molar-refractivity contribution is 5.99. The Morgan fingerprint density at radius 3 is 2.22 bits per heavy atom. The first-order valence-corrected chi connectivity index (χ1v) is 10.5. The van der Waals surface area contributed by atoms with Gasteiger partial charge in [-0.3, -0.25) is 0 Å². The number of hydrogen-bond donors (Lipinski definition) is 4. The van der Waals surface area contributed by atoms with Crippen LogP contribution in [-0.2, 0) is 0 Å². The van der Waals surface area contributed by atoms with Crippen molar-refractivity contribution in [3.63, 3.8) is 0 Å². The van der Waals surface area contributed by atoms with Crippen LogP contribution in [0.3, 0.4) is 0 Å². The zero-order valence-electron chi connectivity index (χ0n) is 18.2. The summed E-state index contributed by atoms with van der Waals surface area (Å²) in [6.45, 7) is 4.68. The minimum absolute atomic E-state index is 0.195. The summed E-state index contributed by atoms with van der Waals surface area (Å²) in [5, 5.41) is 11.2. The van der Waals surface area contributed by atoms with E-state index in [0.717, 1.165) is 22.6 Å². The van der Waals surface area contributed by atoms with Crippen molar-refractivity contribution in [2.45, 2.75) is 19.9 Å². The zero-order valence-corrected chi connectivity index (χ0v) is 18.2. The average Bonchev–Trinajstić information content (AvgIpc) is 2.78. The van der Waals surface area contributed by atoms with E-state index < -0.39 is 0 Å². The SMILES string of the molecule is Cc1cccc(OCCNC(=O)NC(C)c2ccc(NC(=O)Nc3ccccc3)cc2)c1. The third kappa shape index (κ3) is 7.36. The van der Waals surface area contributed by atoms with Crippen molar-refractivity contribution < 1.29 is 14.3 Å². The molecule has 7 heteroatoms. The van der Waals surface area contributed by atoms with Crippen LogP contribution in [0.5, 0.6) is 5.75 Å². The number of amides is 4. The lowest BCUT2D eigenvalue weighted by molar-refractivity contribution is 0.233. The molecule has 4 amide bonds. The van der Waals surface area contributed by atoms with Gasteiger partial charge < -0.3 is 26.0 Å². The van der Waals surface area contributed by atoms with Gasteiger partial charge in [0, 0.05) is 11.4 Å². The summed E-state index contributed by atoms with van der Waals surface area (Å²) in [6, 6.07) is 23.5. The maximum absolute atomic E-state index is 12.1. The summed E-state index contributed by atoms with van der Waals surface area (Å²) >= 11 is 0. The van der Waals surface area contributed by atoms with E-state index in [2.05, 4.69) is 21.3 Å². The summed E-state index contributed by atoms with van der Waals surface area (Å²) < 4.78 is 5.63. The number of hydrogen-bond acceptors (Lipinski definition) is 3. The first-order valence-electron chi connectivity index (χ1n) is 10.5. The van der Waals surface area contributed by atoms with Crippen molar-refractivity contribution in [1.82, 2.24) is 10.6 Å². The van der Waals surface area contributed by atoms with E-state index in [9.17, 15) is 9.59 Å². The number of anilines is 2. The highest BCUT2D eigenvalue weighted by Crippen LogP contribution is 2.16. The summed E-state index contributed by atoms with van der Waals surface area (Å²) in [7, 11) is 0. The van der Waals surface area contributed by atoms with E-state index in [-0.39, 0.29) is 18.1 Å². The Morgan fingerprint density at radius 2 is 1.53 bits per heavy atom. The van der Waals surface area contributed by atoms with Gasteiger partial charge in [-0.05, 0) is 61.4 Å². The molecule has 0 spiro atoms. The van der Waals surface area contributed by atoms with Gasteiger partial charge in [-0.1, -0.05) is 42.5 Å². The predicted octanol–water partition coefficient (Wildman–Crippen LogP) is 5.08. The van der Waals surface area contributed by atoms with Gasteiger partial charge in [-0.15, -0.1) is 0 Å². The molecule has 166 valence electrons. The fraction of sp³-hybridized carbons (Fsp3) is 0.200. The monoisotopic (exact) mass is 432 g/mol. The smallest absolute Gasteiger partial charge is 0.323 e. The second-order valence-corrected chi connectivity index (χ2v) is 7.35. The number of nitrogens with one attached hydrogen (secondary N) is 4. The van der Waals surface area contributed by atoms with Crippen molar-refractivity contribution in [2.24, 2.45) is 0 Å². The second-order valence-electron chi connectivity index (χ2n) is 7.35. The largest absolute Gasteiger partial charge is 0.492 e. The van der Waals surface area contributed by atoms with Crippen molar-refractivity contribution in [2.75, 3.05) is 23.8 Å². The lowest BCUT2D eigenvalue weighted by Gasteiger charge is -2.16. The highest BCUT2D eigenvalue weighted by atomic mass is 16.5. The number of benzene rings is 3. The molecular formula is C25H28N4O3. The fourth-order valence-electron chi connectivity index (χ4n) is 3.04. The molecular weight excluding hydrogens is 404 g/mol. The normalized spacial score (nSPS) is 11.2. The Hall–Kier alpha value is -4.00. The van der Waals surface area contributed by atoms with Crippen molar-refractivity contribution >= 4 is 23.4 Å². The van der Waals surface area contributed by atoms with Gasteiger partial charge >= 0.3 is 12.1 Å². The van der Waals surface area contributed by atoms with E-state index in [0.29, 0.717) is 18.8 Å². The van der Waals surface area contributed by atoms with Gasteiger partial charge in [0.1, 0.15) is 12.4 Å². The van der Waals surface area contributed by atoms with Gasteiger partial charge in [0.2, 0.25) is 0 Å². The van der Waals surface area contributed by atoms with Crippen molar-refractivity contribution in [3.8, 4) is 5.75 Å². The predicted molar refractivity (Wildman–Crippen MR) is 127 cm³/mol. The van der Waals surface area contributed by atoms with Gasteiger partial charge in [0.25, 0.3) is 0 Å². The van der Waals surface area contributed by atoms with Crippen LogP contribution in [0.2, 0.25) is 0 Å². The Labute approximate surface area is 188 Å². The van der Waals surface area contributed by atoms with Crippen LogP contribution in [0, 0.1) is 6.92 Å². The van der Waals surface area contributed by atoms with E-state index in [4.69, 9.17) is 4.74 Å². The molecule has 0 radical (unpaired) electrons. The Kier molecular flexibility index (Phi) is 8.09. The van der Waals surface area contributed by atoms with Gasteiger partial charge in [0.05, 0.1) is 12.6 Å². The van der Waals surface area contributed by atoms with Crippen LogP contribution in [-0.4, -0.2) is 25.2 Å². The molecule has 0 aliphatic rings. The minimum atomic E-state index is -0.317. The lowest BCUT2D eigenvalue weighted by Crippen LogP contribution is -2.38. The molecule has 3 aromatic rings. The molecule has 0 aromatic heterocycles. The molecule has 0 bridgehead atoms. The molecule has 0 fully saturated rings. The lowest BCUT2D eigenvalue weighted by atomic mass is 10.1. The zero-order chi connectivity index (χ0) is 22.8. The summed E-state index contributed by atoms with van der Waals surface area (Å²) in [5.41, 5.74) is 3.42. The Morgan fingerprint density at radius 1 is 0.844 bits per heavy atom. The quantitative estimate of drug-likeness (QED) is 0.374. The maximum atomic E-state index is 12.1. The van der Waals surface area contributed by atoms with Crippen molar-refractivity contribution in [1.29, 1.82) is 0 Å². The number of para-hydroxylation sites is 1. The molecule has 1 atom stereocenters. The first-order chi connectivity index (χ1) is 15.5. The van der Waals surface area contributed by atoms with E-state index in [1.54, 1.807) is 12.1 Å². The first kappa shape index (κ1) is 22.7. The number of aryl methyl sites for hydroxylation is 1. The third-order valence-electron chi connectivity index (χ3n) is 4.69. The van der Waals surface area contributed by atoms with E-state index in [1.807, 2.05) is 80.6 Å². The molecule has 32 heavy (non-hydrogen) atoms. The number of rotatable bonds is 8. The number of ether oxygens (including phenoxy) is 1. The number of carbonyl (C=O) groups is 2. The highest BCUT2D eigenvalue weighted by Gasteiger charge is 2.10. The summed E-state index contributed by atoms with van der Waals surface area (Å²) in [5.74, 6) is 0.784. The number of carbonyl (C=O) groups excluding carboxylic acids is 2. The molecule has 0 saturated heterocycles. The number of urea groups is 2. The third-order valence-corrected chi connectivity index (χ3v) is 4.69. The van der Waals surface area contributed by atoms with Crippen LogP contribution < -0.4 is 26.0 Å². The van der Waals surface area contributed by atoms with Gasteiger partial charge in [-0.25, -0.2) is 9.59 Å². The topological polar surface area (TPSA) is 91.5 Å². The molecule has 0 saturated carbocycles. The molecule has 3 aromatic carbocycles. The molecule has 1 unspecified atom stereocenters. The van der Waals surface area contributed by atoms with Crippen LogP contribution >= 0.6 is 0 Å². The molecule has 7 nitrogen and oxygen atoms in total. The minimum Gasteiger partial charge on any atom is -0.492 e. The van der Waals surface area contributed by atoms with Crippen LogP contribution in [0.4, 0.5) is 21.0 Å². The van der Waals surface area contributed by atoms with E-state index >= 15 is 0 Å². The molecule has 0 aliphatic carbocycles. The van der Waals surface area contributed by atoms with Crippen LogP contribution in [0.15, 0.2) is 78.9 Å². The molecule has 3 rings (SSSR count). The molecule has 4 N–H and O–H groups in total. The molecule has 0 aliphatic heterocycles. The second kappa shape index (κ2) is 11.4.